The molecule has 2 aromatic carbocycles. The van der Waals surface area contributed by atoms with Gasteiger partial charge in [0.05, 0.1) is 10.6 Å². The largest absolute Gasteiger partial charge is 0.457 e. The molecule has 0 atom stereocenters. The third-order valence-corrected chi connectivity index (χ3v) is 5.61. The zero-order chi connectivity index (χ0) is 21.1. The van der Waals surface area contributed by atoms with Gasteiger partial charge in [0, 0.05) is 17.2 Å². The molecule has 30 heavy (non-hydrogen) atoms. The Hall–Kier alpha value is -3.38. The van der Waals surface area contributed by atoms with Crippen LogP contribution in [0.1, 0.15) is 35.5 Å². The summed E-state index contributed by atoms with van der Waals surface area (Å²) in [5.74, 6) is 1.07. The summed E-state index contributed by atoms with van der Waals surface area (Å²) >= 11 is 1.28. The number of ketones is 1. The van der Waals surface area contributed by atoms with Crippen LogP contribution in [0, 0.1) is 0 Å². The topological polar surface area (TPSA) is 71.7 Å². The van der Waals surface area contributed by atoms with Gasteiger partial charge in [-0.1, -0.05) is 43.3 Å². The van der Waals surface area contributed by atoms with Gasteiger partial charge < -0.3 is 9.73 Å². The third-order valence-electron chi connectivity index (χ3n) is 4.70. The summed E-state index contributed by atoms with van der Waals surface area (Å²) in [6.07, 6.45) is 2.68. The van der Waals surface area contributed by atoms with E-state index in [-0.39, 0.29) is 11.7 Å². The second-order valence-electron chi connectivity index (χ2n) is 6.84. The Kier molecular flexibility index (Phi) is 5.68. The maximum absolute atomic E-state index is 12.3. The lowest BCUT2D eigenvalue weighted by Gasteiger charge is -1.99. The average molecular weight is 417 g/mol. The summed E-state index contributed by atoms with van der Waals surface area (Å²) in [7, 11) is 0. The van der Waals surface area contributed by atoms with Gasteiger partial charge in [-0.2, -0.15) is 0 Å². The lowest BCUT2D eigenvalue weighted by molar-refractivity contribution is -0.115. The number of carbonyl (C=O) groups is 2. The van der Waals surface area contributed by atoms with Crippen molar-refractivity contribution in [2.45, 2.75) is 20.3 Å². The molecule has 5 nitrogen and oxygen atoms in total. The van der Waals surface area contributed by atoms with Crippen molar-refractivity contribution in [1.82, 2.24) is 5.32 Å². The molecule has 1 N–H and O–H groups in total. The number of amides is 1. The van der Waals surface area contributed by atoms with E-state index >= 15 is 0 Å². The molecule has 0 aliphatic carbocycles. The maximum atomic E-state index is 12.3. The van der Waals surface area contributed by atoms with Crippen LogP contribution in [0.2, 0.25) is 0 Å². The van der Waals surface area contributed by atoms with E-state index in [4.69, 9.17) is 4.42 Å². The molecule has 1 saturated heterocycles. The van der Waals surface area contributed by atoms with Crippen LogP contribution >= 0.6 is 11.8 Å². The molecule has 150 valence electrons. The van der Waals surface area contributed by atoms with Gasteiger partial charge in [-0.05, 0) is 54.9 Å². The summed E-state index contributed by atoms with van der Waals surface area (Å²) in [6, 6.07) is 18.8. The van der Waals surface area contributed by atoms with E-state index in [1.807, 2.05) is 48.5 Å². The van der Waals surface area contributed by atoms with E-state index in [1.54, 1.807) is 18.2 Å². The normalized spacial score (nSPS) is 16.3. The number of rotatable bonds is 5. The number of Topliss-reactive ketones (excluding diaryl/α,β-unsaturated/α-hetero) is 1. The number of aryl methyl sites for hydroxylation is 1. The van der Waals surface area contributed by atoms with Crippen LogP contribution in [-0.2, 0) is 11.2 Å². The molecule has 3 aromatic rings. The van der Waals surface area contributed by atoms with Crippen molar-refractivity contribution in [2.24, 2.45) is 4.99 Å². The summed E-state index contributed by atoms with van der Waals surface area (Å²) in [5, 5.41) is 3.33. The van der Waals surface area contributed by atoms with Crippen molar-refractivity contribution < 1.29 is 14.0 Å². The van der Waals surface area contributed by atoms with E-state index in [1.165, 1.54) is 24.2 Å². The number of furan rings is 1. The van der Waals surface area contributed by atoms with Gasteiger partial charge in [-0.25, -0.2) is 4.99 Å². The average Bonchev–Trinajstić information content (AvgIpc) is 3.35. The monoisotopic (exact) mass is 416 g/mol. The molecule has 0 radical (unpaired) electrons. The maximum Gasteiger partial charge on any atom is 0.264 e. The summed E-state index contributed by atoms with van der Waals surface area (Å²) < 4.78 is 5.86. The molecule has 1 fully saturated rings. The van der Waals surface area contributed by atoms with E-state index in [0.717, 1.165) is 17.7 Å². The standard InChI is InChI=1S/C24H20N2O3S/c1-3-16-4-10-19(11-5-16)25-24-26-23(28)22(30-24)14-20-12-13-21(29-20)18-8-6-17(7-9-18)15(2)27/h4-14H,3H2,1-2H3,(H,25,26,28)/b22-14-. The summed E-state index contributed by atoms with van der Waals surface area (Å²) in [6.45, 7) is 3.64. The zero-order valence-corrected chi connectivity index (χ0v) is 17.5. The molecular weight excluding hydrogens is 396 g/mol. The van der Waals surface area contributed by atoms with Crippen LogP contribution in [0.25, 0.3) is 17.4 Å². The van der Waals surface area contributed by atoms with Gasteiger partial charge in [0.25, 0.3) is 5.91 Å². The lowest BCUT2D eigenvalue weighted by atomic mass is 10.1. The van der Waals surface area contributed by atoms with Crippen molar-refractivity contribution in [3.63, 3.8) is 0 Å². The fourth-order valence-electron chi connectivity index (χ4n) is 2.99. The third kappa shape index (κ3) is 4.44. The van der Waals surface area contributed by atoms with Crippen LogP contribution in [0.4, 0.5) is 5.69 Å². The number of thioether (sulfide) groups is 1. The van der Waals surface area contributed by atoms with Gasteiger partial charge in [0.15, 0.2) is 11.0 Å². The fraction of sp³-hybridized carbons (Fsp3) is 0.125. The predicted molar refractivity (Wildman–Crippen MR) is 121 cm³/mol. The van der Waals surface area contributed by atoms with Gasteiger partial charge in [-0.3, -0.25) is 9.59 Å². The van der Waals surface area contributed by atoms with Crippen molar-refractivity contribution in [1.29, 1.82) is 0 Å². The molecule has 0 spiro atoms. The lowest BCUT2D eigenvalue weighted by Crippen LogP contribution is -2.19. The molecular formula is C24H20N2O3S. The minimum Gasteiger partial charge on any atom is -0.457 e. The summed E-state index contributed by atoms with van der Waals surface area (Å²) in [4.78, 5) is 28.7. The van der Waals surface area contributed by atoms with Crippen molar-refractivity contribution in [3.8, 4) is 11.3 Å². The molecule has 0 saturated carbocycles. The van der Waals surface area contributed by atoms with E-state index in [0.29, 0.717) is 27.2 Å². The SMILES string of the molecule is CCc1ccc(N=C2NC(=O)/C(=C/c3ccc(-c4ccc(C(C)=O)cc4)o3)S2)cc1. The Morgan fingerprint density at radius 1 is 1.07 bits per heavy atom. The molecule has 0 bridgehead atoms. The Labute approximate surface area is 178 Å². The first-order chi connectivity index (χ1) is 14.5. The number of hydrogen-bond donors (Lipinski definition) is 1. The first kappa shape index (κ1) is 19.9. The highest BCUT2D eigenvalue weighted by atomic mass is 32.2. The van der Waals surface area contributed by atoms with Gasteiger partial charge in [0.1, 0.15) is 11.5 Å². The number of amidine groups is 1. The molecule has 1 aliphatic rings. The molecule has 4 rings (SSSR count). The van der Waals surface area contributed by atoms with Gasteiger partial charge >= 0.3 is 0 Å². The second-order valence-corrected chi connectivity index (χ2v) is 7.87. The van der Waals surface area contributed by atoms with Gasteiger partial charge in [-0.15, -0.1) is 0 Å². The molecule has 1 aromatic heterocycles. The number of nitrogens with zero attached hydrogens (tertiary/aromatic N) is 1. The number of aliphatic imine (C=N–C) groups is 1. The van der Waals surface area contributed by atoms with Crippen LogP contribution in [0.15, 0.2) is 75.0 Å². The van der Waals surface area contributed by atoms with E-state index in [2.05, 4.69) is 17.2 Å². The molecule has 2 heterocycles. The second kappa shape index (κ2) is 8.55. The summed E-state index contributed by atoms with van der Waals surface area (Å²) in [5.41, 5.74) is 3.56. The highest BCUT2D eigenvalue weighted by Crippen LogP contribution is 2.30. The fourth-order valence-corrected chi connectivity index (χ4v) is 3.81. The van der Waals surface area contributed by atoms with Crippen LogP contribution in [0.3, 0.4) is 0 Å². The minimum absolute atomic E-state index is 0.0227. The molecule has 6 heteroatoms. The van der Waals surface area contributed by atoms with Crippen LogP contribution in [0.5, 0.6) is 0 Å². The Balaban J connectivity index is 1.50. The Morgan fingerprint density at radius 2 is 1.80 bits per heavy atom. The van der Waals surface area contributed by atoms with Crippen molar-refractivity contribution in [3.05, 3.63) is 82.5 Å². The number of carbonyl (C=O) groups excluding carboxylic acids is 2. The van der Waals surface area contributed by atoms with Gasteiger partial charge in [0.2, 0.25) is 0 Å². The number of hydrogen-bond acceptors (Lipinski definition) is 5. The number of benzene rings is 2. The molecule has 1 amide bonds. The highest BCUT2D eigenvalue weighted by Gasteiger charge is 2.24. The zero-order valence-electron chi connectivity index (χ0n) is 16.6. The van der Waals surface area contributed by atoms with Crippen molar-refractivity contribution in [2.75, 3.05) is 0 Å². The predicted octanol–water partition coefficient (Wildman–Crippen LogP) is 5.60. The first-order valence-electron chi connectivity index (χ1n) is 9.61. The van der Waals surface area contributed by atoms with E-state index < -0.39 is 0 Å². The number of nitrogens with one attached hydrogen (secondary N) is 1. The molecule has 1 aliphatic heterocycles. The van der Waals surface area contributed by atoms with E-state index in [9.17, 15) is 9.59 Å². The quantitative estimate of drug-likeness (QED) is 0.434. The van der Waals surface area contributed by atoms with Crippen LogP contribution in [-0.4, -0.2) is 16.9 Å². The molecule has 0 unspecified atom stereocenters. The van der Waals surface area contributed by atoms with Crippen LogP contribution < -0.4 is 5.32 Å². The van der Waals surface area contributed by atoms with Crippen molar-refractivity contribution >= 4 is 40.4 Å². The smallest absolute Gasteiger partial charge is 0.264 e. The Bertz CT molecular complexity index is 1160. The minimum atomic E-state index is -0.201. The highest BCUT2D eigenvalue weighted by molar-refractivity contribution is 8.18. The first-order valence-corrected chi connectivity index (χ1v) is 10.4. The Morgan fingerprint density at radius 3 is 2.47 bits per heavy atom.